The van der Waals surface area contributed by atoms with Crippen molar-refractivity contribution in [1.82, 2.24) is 14.9 Å². The Kier molecular flexibility index (Phi) is 6.57. The largest absolute Gasteiger partial charge is 0.497 e. The first-order valence-electron chi connectivity index (χ1n) is 10.7. The van der Waals surface area contributed by atoms with Crippen LogP contribution in [0.2, 0.25) is 0 Å². The van der Waals surface area contributed by atoms with Crippen molar-refractivity contribution in [2.24, 2.45) is 0 Å². The molecule has 0 unspecified atom stereocenters. The lowest BCUT2D eigenvalue weighted by molar-refractivity contribution is -0.117. The van der Waals surface area contributed by atoms with Crippen LogP contribution in [0.5, 0.6) is 5.75 Å². The number of aromatic nitrogens is 2. The summed E-state index contributed by atoms with van der Waals surface area (Å²) >= 11 is 0. The maximum atomic E-state index is 12.7. The molecule has 1 aromatic heterocycles. The number of ether oxygens (including phenoxy) is 1. The molecule has 2 heterocycles. The summed E-state index contributed by atoms with van der Waals surface area (Å²) < 4.78 is 5.26. The number of nitrogens with one attached hydrogen (secondary N) is 1. The number of nitrogens with zero attached hydrogens (tertiary/aromatic N) is 3. The van der Waals surface area contributed by atoms with Gasteiger partial charge < -0.3 is 4.74 Å². The van der Waals surface area contributed by atoms with Crippen LogP contribution in [0.3, 0.4) is 0 Å². The fourth-order valence-corrected chi connectivity index (χ4v) is 3.77. The van der Waals surface area contributed by atoms with Gasteiger partial charge in [0.25, 0.3) is 0 Å². The second kappa shape index (κ2) is 9.71. The highest BCUT2D eigenvalue weighted by molar-refractivity contribution is 5.91. The molecule has 1 N–H and O–H groups in total. The van der Waals surface area contributed by atoms with E-state index >= 15 is 0 Å². The van der Waals surface area contributed by atoms with Crippen LogP contribution in [0.1, 0.15) is 24.8 Å². The topological polar surface area (TPSA) is 67.3 Å². The molecule has 6 heteroatoms. The van der Waals surface area contributed by atoms with Crippen molar-refractivity contribution in [3.63, 3.8) is 0 Å². The number of methoxy groups -OCH3 is 1. The first-order chi connectivity index (χ1) is 15.1. The third kappa shape index (κ3) is 5.47. The third-order valence-electron chi connectivity index (χ3n) is 5.53. The van der Waals surface area contributed by atoms with E-state index in [1.807, 2.05) is 42.5 Å². The molecule has 160 valence electrons. The summed E-state index contributed by atoms with van der Waals surface area (Å²) in [5.41, 5.74) is 4.62. The van der Waals surface area contributed by atoms with Crippen LogP contribution in [0, 0.1) is 6.92 Å². The molecule has 31 heavy (non-hydrogen) atoms. The van der Waals surface area contributed by atoms with E-state index in [1.165, 1.54) is 12.0 Å². The van der Waals surface area contributed by atoms with Gasteiger partial charge >= 0.3 is 0 Å². The summed E-state index contributed by atoms with van der Waals surface area (Å²) in [6.45, 7) is 4.36. The summed E-state index contributed by atoms with van der Waals surface area (Å²) in [5.74, 6) is 1.03. The molecule has 3 aromatic rings. The molecule has 0 spiro atoms. The van der Waals surface area contributed by atoms with E-state index in [2.05, 4.69) is 39.2 Å². The predicted molar refractivity (Wildman–Crippen MR) is 123 cm³/mol. The number of amides is 1. The van der Waals surface area contributed by atoms with Gasteiger partial charge in [0.15, 0.2) is 0 Å². The van der Waals surface area contributed by atoms with Gasteiger partial charge in [-0.1, -0.05) is 36.2 Å². The maximum absolute atomic E-state index is 12.7. The Labute approximate surface area is 183 Å². The Morgan fingerprint density at radius 2 is 1.52 bits per heavy atom. The lowest BCUT2D eigenvalue weighted by Gasteiger charge is -2.25. The zero-order valence-electron chi connectivity index (χ0n) is 18.1. The molecule has 0 aliphatic carbocycles. The van der Waals surface area contributed by atoms with Crippen LogP contribution < -0.4 is 10.1 Å². The van der Waals surface area contributed by atoms with Gasteiger partial charge in [-0.15, -0.1) is 0 Å². The zero-order valence-corrected chi connectivity index (χ0v) is 18.1. The van der Waals surface area contributed by atoms with Gasteiger partial charge in [-0.25, -0.2) is 9.97 Å². The van der Waals surface area contributed by atoms with Crippen LogP contribution in [-0.4, -0.2) is 47.5 Å². The molecule has 0 radical (unpaired) electrons. The summed E-state index contributed by atoms with van der Waals surface area (Å²) in [4.78, 5) is 24.1. The Morgan fingerprint density at radius 1 is 0.935 bits per heavy atom. The minimum Gasteiger partial charge on any atom is -0.497 e. The number of carbonyl (C=O) groups is 1. The van der Waals surface area contributed by atoms with Crippen molar-refractivity contribution in [3.8, 4) is 28.3 Å². The van der Waals surface area contributed by atoms with Crippen molar-refractivity contribution in [1.29, 1.82) is 0 Å². The first-order valence-corrected chi connectivity index (χ1v) is 10.7. The first kappa shape index (κ1) is 21.0. The quantitative estimate of drug-likeness (QED) is 0.638. The summed E-state index contributed by atoms with van der Waals surface area (Å²) in [6, 6.07) is 17.8. The van der Waals surface area contributed by atoms with E-state index in [0.717, 1.165) is 54.2 Å². The third-order valence-corrected chi connectivity index (χ3v) is 5.53. The highest BCUT2D eigenvalue weighted by atomic mass is 16.5. The van der Waals surface area contributed by atoms with Crippen molar-refractivity contribution < 1.29 is 9.53 Å². The van der Waals surface area contributed by atoms with Crippen molar-refractivity contribution in [2.75, 3.05) is 32.1 Å². The number of piperidine rings is 1. The Hall–Kier alpha value is -3.25. The second-order valence-electron chi connectivity index (χ2n) is 7.94. The SMILES string of the molecule is COc1ccc(-c2cc(-c3ccc(C)cc3)nc(NC(=O)CN3CCCCC3)n2)cc1. The van der Waals surface area contributed by atoms with Gasteiger partial charge in [0.2, 0.25) is 11.9 Å². The molecule has 4 rings (SSSR count). The van der Waals surface area contributed by atoms with Crippen LogP contribution in [0.25, 0.3) is 22.5 Å². The molecule has 1 fully saturated rings. The van der Waals surface area contributed by atoms with Gasteiger partial charge in [0, 0.05) is 11.1 Å². The van der Waals surface area contributed by atoms with Gasteiger partial charge in [-0.2, -0.15) is 0 Å². The average Bonchev–Trinajstić information content (AvgIpc) is 2.80. The number of aryl methyl sites for hydroxylation is 1. The van der Waals surface area contributed by atoms with Crippen LogP contribution in [0.15, 0.2) is 54.6 Å². The van der Waals surface area contributed by atoms with Crippen LogP contribution >= 0.6 is 0 Å². The van der Waals surface area contributed by atoms with E-state index in [9.17, 15) is 4.79 Å². The number of anilines is 1. The fourth-order valence-electron chi connectivity index (χ4n) is 3.77. The number of rotatable bonds is 6. The lowest BCUT2D eigenvalue weighted by atomic mass is 10.1. The highest BCUT2D eigenvalue weighted by Crippen LogP contribution is 2.27. The van der Waals surface area contributed by atoms with E-state index in [0.29, 0.717) is 12.5 Å². The van der Waals surface area contributed by atoms with Gasteiger partial charge in [0.1, 0.15) is 5.75 Å². The molecule has 0 atom stereocenters. The molecule has 0 bridgehead atoms. The fraction of sp³-hybridized carbons (Fsp3) is 0.320. The molecular formula is C25H28N4O2. The normalized spacial score (nSPS) is 14.3. The second-order valence-corrected chi connectivity index (χ2v) is 7.94. The van der Waals surface area contributed by atoms with Crippen LogP contribution in [-0.2, 0) is 4.79 Å². The zero-order chi connectivity index (χ0) is 21.6. The molecule has 6 nitrogen and oxygen atoms in total. The molecule has 1 aliphatic rings. The number of carbonyl (C=O) groups excluding carboxylic acids is 1. The standard InChI is InChI=1S/C25H28N4O2/c1-18-6-8-19(9-7-18)22-16-23(20-10-12-21(31-2)13-11-20)27-25(26-22)28-24(30)17-29-14-4-3-5-15-29/h6-13,16H,3-5,14-15,17H2,1-2H3,(H,26,27,28,30). The monoisotopic (exact) mass is 416 g/mol. The molecule has 1 saturated heterocycles. The molecule has 2 aromatic carbocycles. The Balaban J connectivity index is 1.63. The number of likely N-dealkylation sites (tertiary alicyclic amines) is 1. The number of benzene rings is 2. The van der Waals surface area contributed by atoms with E-state index in [1.54, 1.807) is 7.11 Å². The van der Waals surface area contributed by atoms with Crippen molar-refractivity contribution in [3.05, 3.63) is 60.2 Å². The van der Waals surface area contributed by atoms with Gasteiger partial charge in [-0.05, 0) is 63.2 Å². The summed E-state index contributed by atoms with van der Waals surface area (Å²) in [5, 5.41) is 2.92. The lowest BCUT2D eigenvalue weighted by Crippen LogP contribution is -2.37. The highest BCUT2D eigenvalue weighted by Gasteiger charge is 2.16. The van der Waals surface area contributed by atoms with E-state index < -0.39 is 0 Å². The minimum atomic E-state index is -0.0800. The molecule has 1 aliphatic heterocycles. The molecule has 0 saturated carbocycles. The van der Waals surface area contributed by atoms with E-state index in [4.69, 9.17) is 4.74 Å². The number of hydrogen-bond acceptors (Lipinski definition) is 5. The Bertz CT molecular complexity index is 1030. The molecular weight excluding hydrogens is 388 g/mol. The minimum absolute atomic E-state index is 0.0800. The number of hydrogen-bond donors (Lipinski definition) is 1. The summed E-state index contributed by atoms with van der Waals surface area (Å²) in [6.07, 6.45) is 3.54. The smallest absolute Gasteiger partial charge is 0.240 e. The summed E-state index contributed by atoms with van der Waals surface area (Å²) in [7, 11) is 1.64. The van der Waals surface area contributed by atoms with Crippen molar-refractivity contribution >= 4 is 11.9 Å². The Morgan fingerprint density at radius 3 is 2.10 bits per heavy atom. The maximum Gasteiger partial charge on any atom is 0.240 e. The average molecular weight is 417 g/mol. The molecule has 1 amide bonds. The predicted octanol–water partition coefficient (Wildman–Crippen LogP) is 4.55. The van der Waals surface area contributed by atoms with Crippen LogP contribution in [0.4, 0.5) is 5.95 Å². The van der Waals surface area contributed by atoms with Crippen molar-refractivity contribution in [2.45, 2.75) is 26.2 Å². The van der Waals surface area contributed by atoms with E-state index in [-0.39, 0.29) is 5.91 Å². The van der Waals surface area contributed by atoms with Gasteiger partial charge in [-0.3, -0.25) is 15.0 Å². The van der Waals surface area contributed by atoms with Gasteiger partial charge in [0.05, 0.1) is 25.0 Å².